The second-order valence-corrected chi connectivity index (χ2v) is 7.47. The normalized spacial score (nSPS) is 32.9. The van der Waals surface area contributed by atoms with Gasteiger partial charge in [0.25, 0.3) is 0 Å². The molecule has 1 saturated carbocycles. The first-order valence-corrected chi connectivity index (χ1v) is 8.65. The van der Waals surface area contributed by atoms with Crippen molar-refractivity contribution in [1.29, 1.82) is 0 Å². The van der Waals surface area contributed by atoms with Crippen molar-refractivity contribution >= 4 is 15.7 Å². The number of piperidine rings is 1. The van der Waals surface area contributed by atoms with Crippen LogP contribution in [0.25, 0.3) is 0 Å². The molecule has 19 heavy (non-hydrogen) atoms. The highest BCUT2D eigenvalue weighted by atomic mass is 32.2. The van der Waals surface area contributed by atoms with Gasteiger partial charge in [-0.05, 0) is 49.0 Å². The predicted octanol–water partition coefficient (Wildman–Crippen LogP) is 1.56. The van der Waals surface area contributed by atoms with E-state index in [1.807, 2.05) is 18.2 Å². The van der Waals surface area contributed by atoms with Gasteiger partial charge >= 0.3 is 0 Å². The summed E-state index contributed by atoms with van der Waals surface area (Å²) in [6.45, 7) is 4.40. The maximum absolute atomic E-state index is 11.3. The summed E-state index contributed by atoms with van der Waals surface area (Å²) in [7, 11) is -3.21. The Morgan fingerprint density at radius 3 is 2.63 bits per heavy atom. The van der Waals surface area contributed by atoms with Crippen LogP contribution in [0.4, 0.5) is 5.69 Å². The SMILES string of the molecule is CCC1(c2cccc(NS(C)(=O)=O)c2)C2CNCC21. The fourth-order valence-electron chi connectivity index (χ4n) is 3.89. The molecule has 2 fully saturated rings. The molecule has 1 saturated heterocycles. The first-order valence-electron chi connectivity index (χ1n) is 6.76. The lowest BCUT2D eigenvalue weighted by Crippen LogP contribution is -2.25. The van der Waals surface area contributed by atoms with Crippen LogP contribution in [-0.4, -0.2) is 27.8 Å². The molecule has 4 nitrogen and oxygen atoms in total. The maximum Gasteiger partial charge on any atom is 0.229 e. The lowest BCUT2D eigenvalue weighted by Gasteiger charge is -2.21. The molecule has 0 amide bonds. The predicted molar refractivity (Wildman–Crippen MR) is 76.7 cm³/mol. The van der Waals surface area contributed by atoms with Crippen molar-refractivity contribution in [3.8, 4) is 0 Å². The first kappa shape index (κ1) is 12.9. The van der Waals surface area contributed by atoms with Crippen LogP contribution >= 0.6 is 0 Å². The molecule has 2 unspecified atom stereocenters. The van der Waals surface area contributed by atoms with Crippen molar-refractivity contribution in [2.75, 3.05) is 24.1 Å². The minimum atomic E-state index is -3.21. The Bertz CT molecular complexity index is 587. The summed E-state index contributed by atoms with van der Waals surface area (Å²) in [6, 6.07) is 7.89. The molecule has 1 heterocycles. The molecule has 1 aliphatic carbocycles. The Morgan fingerprint density at radius 1 is 1.37 bits per heavy atom. The van der Waals surface area contributed by atoms with Crippen LogP contribution in [0.15, 0.2) is 24.3 Å². The van der Waals surface area contributed by atoms with Gasteiger partial charge in [0.1, 0.15) is 0 Å². The quantitative estimate of drug-likeness (QED) is 0.880. The van der Waals surface area contributed by atoms with Gasteiger partial charge < -0.3 is 5.32 Å². The number of nitrogens with one attached hydrogen (secondary N) is 2. The van der Waals surface area contributed by atoms with Crippen LogP contribution < -0.4 is 10.0 Å². The molecule has 0 spiro atoms. The van der Waals surface area contributed by atoms with Crippen LogP contribution in [0.5, 0.6) is 0 Å². The Labute approximate surface area is 114 Å². The number of rotatable bonds is 4. The van der Waals surface area contributed by atoms with E-state index < -0.39 is 10.0 Å². The molecular weight excluding hydrogens is 260 g/mol. The maximum atomic E-state index is 11.3. The molecule has 3 rings (SSSR count). The van der Waals surface area contributed by atoms with Gasteiger partial charge in [0.15, 0.2) is 0 Å². The average Bonchev–Trinajstić information content (AvgIpc) is 2.70. The molecule has 0 radical (unpaired) electrons. The highest BCUT2D eigenvalue weighted by molar-refractivity contribution is 7.92. The van der Waals surface area contributed by atoms with Crippen molar-refractivity contribution in [3.63, 3.8) is 0 Å². The molecule has 2 atom stereocenters. The van der Waals surface area contributed by atoms with Gasteiger partial charge in [-0.2, -0.15) is 0 Å². The summed E-state index contributed by atoms with van der Waals surface area (Å²) >= 11 is 0. The van der Waals surface area contributed by atoms with E-state index in [1.54, 1.807) is 0 Å². The third kappa shape index (κ3) is 2.05. The van der Waals surface area contributed by atoms with Crippen molar-refractivity contribution in [2.24, 2.45) is 11.8 Å². The number of benzene rings is 1. The molecule has 5 heteroatoms. The van der Waals surface area contributed by atoms with E-state index >= 15 is 0 Å². The van der Waals surface area contributed by atoms with Gasteiger partial charge in [-0.3, -0.25) is 4.72 Å². The van der Waals surface area contributed by atoms with Crippen LogP contribution in [0, 0.1) is 11.8 Å². The van der Waals surface area contributed by atoms with Crippen LogP contribution in [0.3, 0.4) is 0 Å². The monoisotopic (exact) mass is 280 g/mol. The van der Waals surface area contributed by atoms with Crippen molar-refractivity contribution in [1.82, 2.24) is 5.32 Å². The van der Waals surface area contributed by atoms with E-state index in [-0.39, 0.29) is 5.41 Å². The fourth-order valence-corrected chi connectivity index (χ4v) is 4.45. The number of fused-ring (bicyclic) bond motifs is 1. The second-order valence-electron chi connectivity index (χ2n) is 5.72. The Hall–Kier alpha value is -1.07. The van der Waals surface area contributed by atoms with Crippen LogP contribution in [-0.2, 0) is 15.4 Å². The summed E-state index contributed by atoms with van der Waals surface area (Å²) in [5.41, 5.74) is 2.21. The summed E-state index contributed by atoms with van der Waals surface area (Å²) in [6.07, 6.45) is 2.30. The van der Waals surface area contributed by atoms with E-state index in [9.17, 15) is 8.42 Å². The van der Waals surface area contributed by atoms with Crippen molar-refractivity contribution in [3.05, 3.63) is 29.8 Å². The van der Waals surface area contributed by atoms with Crippen molar-refractivity contribution in [2.45, 2.75) is 18.8 Å². The van der Waals surface area contributed by atoms with E-state index in [1.165, 1.54) is 11.8 Å². The number of hydrogen-bond acceptors (Lipinski definition) is 3. The molecule has 2 aliphatic rings. The Kier molecular flexibility index (Phi) is 2.87. The van der Waals surface area contributed by atoms with E-state index in [0.717, 1.165) is 19.5 Å². The average molecular weight is 280 g/mol. The van der Waals surface area contributed by atoms with Gasteiger partial charge in [0.05, 0.1) is 6.26 Å². The standard InChI is InChI=1S/C14H20N2O2S/c1-3-14(12-8-15-9-13(12)14)10-5-4-6-11(7-10)16-19(2,17)18/h4-7,12-13,15-16H,3,8-9H2,1-2H3. The lowest BCUT2D eigenvalue weighted by atomic mass is 9.87. The smallest absolute Gasteiger partial charge is 0.229 e. The molecule has 0 bridgehead atoms. The first-order chi connectivity index (χ1) is 8.97. The van der Waals surface area contributed by atoms with Gasteiger partial charge in [0, 0.05) is 11.1 Å². The molecule has 1 aromatic carbocycles. The van der Waals surface area contributed by atoms with Crippen molar-refractivity contribution < 1.29 is 8.42 Å². The molecular formula is C14H20N2O2S. The zero-order chi connectivity index (χ0) is 13.7. The highest BCUT2D eigenvalue weighted by Crippen LogP contribution is 2.63. The number of hydrogen-bond donors (Lipinski definition) is 2. The fraction of sp³-hybridized carbons (Fsp3) is 0.571. The van der Waals surface area contributed by atoms with Gasteiger partial charge in [-0.25, -0.2) is 8.42 Å². The van der Waals surface area contributed by atoms with Gasteiger partial charge in [0.2, 0.25) is 10.0 Å². The highest BCUT2D eigenvalue weighted by Gasteiger charge is 2.65. The Morgan fingerprint density at radius 2 is 2.05 bits per heavy atom. The second kappa shape index (κ2) is 4.21. The van der Waals surface area contributed by atoms with E-state index in [2.05, 4.69) is 23.0 Å². The zero-order valence-electron chi connectivity index (χ0n) is 11.3. The summed E-state index contributed by atoms with van der Waals surface area (Å²) in [4.78, 5) is 0. The van der Waals surface area contributed by atoms with Crippen LogP contribution in [0.1, 0.15) is 18.9 Å². The van der Waals surface area contributed by atoms with Crippen LogP contribution in [0.2, 0.25) is 0 Å². The lowest BCUT2D eigenvalue weighted by molar-refractivity contribution is 0.502. The molecule has 1 aliphatic heterocycles. The molecule has 1 aromatic rings. The summed E-state index contributed by atoms with van der Waals surface area (Å²) in [5.74, 6) is 1.43. The largest absolute Gasteiger partial charge is 0.316 e. The van der Waals surface area contributed by atoms with Gasteiger partial charge in [-0.15, -0.1) is 0 Å². The topological polar surface area (TPSA) is 58.2 Å². The molecule has 2 N–H and O–H groups in total. The zero-order valence-corrected chi connectivity index (χ0v) is 12.1. The van der Waals surface area contributed by atoms with E-state index in [0.29, 0.717) is 17.5 Å². The summed E-state index contributed by atoms with van der Waals surface area (Å²) in [5, 5.41) is 3.42. The minimum absolute atomic E-state index is 0.264. The van der Waals surface area contributed by atoms with Gasteiger partial charge in [-0.1, -0.05) is 19.1 Å². The Balaban J connectivity index is 1.92. The van der Waals surface area contributed by atoms with E-state index in [4.69, 9.17) is 0 Å². The third-order valence-corrected chi connectivity index (χ3v) is 5.32. The number of anilines is 1. The minimum Gasteiger partial charge on any atom is -0.316 e. The number of sulfonamides is 1. The molecule has 104 valence electrons. The summed E-state index contributed by atoms with van der Waals surface area (Å²) < 4.78 is 25.2. The molecule has 0 aromatic heterocycles. The third-order valence-electron chi connectivity index (χ3n) is 4.72.